The summed E-state index contributed by atoms with van der Waals surface area (Å²) in [7, 11) is 2.01. The minimum atomic E-state index is -0.110. The Kier molecular flexibility index (Phi) is 2.15. The predicted octanol–water partition coefficient (Wildman–Crippen LogP) is 2.81. The van der Waals surface area contributed by atoms with Crippen molar-refractivity contribution in [2.75, 3.05) is 0 Å². The molecule has 0 saturated heterocycles. The van der Waals surface area contributed by atoms with Crippen LogP contribution in [0.15, 0.2) is 59.5 Å². The molecule has 0 spiro atoms. The van der Waals surface area contributed by atoms with E-state index < -0.39 is 0 Å². The predicted molar refractivity (Wildman–Crippen MR) is 80.4 cm³/mol. The fraction of sp³-hybridized carbons (Fsp3) is 0.0625. The maximum absolute atomic E-state index is 12.2. The monoisotopic (exact) mass is 263 g/mol. The zero-order valence-corrected chi connectivity index (χ0v) is 11.0. The van der Waals surface area contributed by atoms with Gasteiger partial charge in [0.2, 0.25) is 0 Å². The van der Waals surface area contributed by atoms with E-state index in [1.807, 2.05) is 55.7 Å². The molecule has 0 unspecified atom stereocenters. The highest BCUT2D eigenvalue weighted by Gasteiger charge is 2.09. The van der Waals surface area contributed by atoms with Gasteiger partial charge in [0.25, 0.3) is 0 Å². The van der Waals surface area contributed by atoms with Gasteiger partial charge < -0.3 is 9.55 Å². The summed E-state index contributed by atoms with van der Waals surface area (Å²) in [6.45, 7) is 0. The van der Waals surface area contributed by atoms with Gasteiger partial charge in [-0.05, 0) is 36.4 Å². The lowest BCUT2D eigenvalue weighted by Crippen LogP contribution is -2.14. The van der Waals surface area contributed by atoms with E-state index in [1.165, 1.54) is 0 Å². The van der Waals surface area contributed by atoms with Crippen LogP contribution in [0.3, 0.4) is 0 Å². The third-order valence-corrected chi connectivity index (χ3v) is 3.72. The van der Waals surface area contributed by atoms with Gasteiger partial charge in [-0.25, -0.2) is 4.79 Å². The van der Waals surface area contributed by atoms with Crippen LogP contribution < -0.4 is 5.69 Å². The molecule has 20 heavy (non-hydrogen) atoms. The average Bonchev–Trinajstić information content (AvgIpc) is 2.98. The van der Waals surface area contributed by atoms with E-state index in [0.29, 0.717) is 0 Å². The second-order valence-corrected chi connectivity index (χ2v) is 4.95. The van der Waals surface area contributed by atoms with Crippen molar-refractivity contribution in [3.8, 4) is 5.69 Å². The summed E-state index contributed by atoms with van der Waals surface area (Å²) in [6.07, 6.45) is 2.02. The van der Waals surface area contributed by atoms with Crippen LogP contribution in [-0.2, 0) is 7.05 Å². The number of hydrogen-bond donors (Lipinski definition) is 1. The molecule has 98 valence electrons. The molecule has 4 aromatic rings. The second kappa shape index (κ2) is 3.87. The van der Waals surface area contributed by atoms with Crippen molar-refractivity contribution >= 4 is 21.9 Å². The second-order valence-electron chi connectivity index (χ2n) is 4.95. The first-order chi connectivity index (χ1) is 9.74. The largest absolute Gasteiger partial charge is 0.351 e. The van der Waals surface area contributed by atoms with Gasteiger partial charge in [-0.15, -0.1) is 0 Å². The van der Waals surface area contributed by atoms with E-state index in [9.17, 15) is 4.79 Å². The highest BCUT2D eigenvalue weighted by Crippen LogP contribution is 2.21. The number of aryl methyl sites for hydroxylation is 1. The van der Waals surface area contributed by atoms with Crippen LogP contribution in [0.4, 0.5) is 0 Å². The van der Waals surface area contributed by atoms with Crippen molar-refractivity contribution in [3.05, 3.63) is 65.2 Å². The van der Waals surface area contributed by atoms with Crippen molar-refractivity contribution in [3.63, 3.8) is 0 Å². The molecule has 0 fully saturated rings. The van der Waals surface area contributed by atoms with Gasteiger partial charge >= 0.3 is 5.69 Å². The zero-order valence-electron chi connectivity index (χ0n) is 11.0. The molecule has 0 bridgehead atoms. The number of aromatic amines is 1. The smallest absolute Gasteiger partial charge is 0.331 e. The Morgan fingerprint density at radius 2 is 1.85 bits per heavy atom. The number of hydrogen-bond acceptors (Lipinski definition) is 1. The molecule has 4 heteroatoms. The SMILES string of the molecule is Cn1ccc2cc(-n3c(=O)[nH]c4ccccc43)ccc21. The van der Waals surface area contributed by atoms with Gasteiger partial charge in [0.05, 0.1) is 16.7 Å². The Hall–Kier alpha value is -2.75. The molecule has 2 aromatic heterocycles. The summed E-state index contributed by atoms with van der Waals surface area (Å²) >= 11 is 0. The lowest BCUT2D eigenvalue weighted by molar-refractivity contribution is 0.967. The molecule has 0 radical (unpaired) electrons. The number of para-hydroxylation sites is 2. The lowest BCUT2D eigenvalue weighted by Gasteiger charge is -2.04. The number of rotatable bonds is 1. The fourth-order valence-corrected chi connectivity index (χ4v) is 2.72. The number of H-pyrrole nitrogens is 1. The molecule has 2 heterocycles. The Labute approximate surface area is 114 Å². The first kappa shape index (κ1) is 11.1. The molecule has 0 aliphatic heterocycles. The number of nitrogens with one attached hydrogen (secondary N) is 1. The van der Waals surface area contributed by atoms with Crippen molar-refractivity contribution < 1.29 is 0 Å². The highest BCUT2D eigenvalue weighted by molar-refractivity contribution is 5.84. The number of imidazole rings is 1. The van der Waals surface area contributed by atoms with Crippen LogP contribution in [-0.4, -0.2) is 14.1 Å². The number of benzene rings is 2. The van der Waals surface area contributed by atoms with E-state index in [1.54, 1.807) is 4.57 Å². The molecule has 0 saturated carbocycles. The summed E-state index contributed by atoms with van der Waals surface area (Å²) in [5.74, 6) is 0. The molecule has 4 rings (SSSR count). The number of fused-ring (bicyclic) bond motifs is 2. The van der Waals surface area contributed by atoms with Crippen LogP contribution in [0.5, 0.6) is 0 Å². The Balaban J connectivity index is 2.05. The number of nitrogens with zero attached hydrogens (tertiary/aromatic N) is 2. The van der Waals surface area contributed by atoms with Crippen LogP contribution >= 0.6 is 0 Å². The molecule has 4 nitrogen and oxygen atoms in total. The van der Waals surface area contributed by atoms with Gasteiger partial charge in [0, 0.05) is 24.1 Å². The topological polar surface area (TPSA) is 42.7 Å². The van der Waals surface area contributed by atoms with E-state index in [4.69, 9.17) is 0 Å². The molecule has 0 atom stereocenters. The first-order valence-corrected chi connectivity index (χ1v) is 6.49. The Morgan fingerprint density at radius 1 is 1.00 bits per heavy atom. The normalized spacial score (nSPS) is 11.4. The van der Waals surface area contributed by atoms with Crippen molar-refractivity contribution in [1.29, 1.82) is 0 Å². The third-order valence-electron chi connectivity index (χ3n) is 3.72. The van der Waals surface area contributed by atoms with Crippen molar-refractivity contribution in [2.24, 2.45) is 7.05 Å². The lowest BCUT2D eigenvalue weighted by atomic mass is 10.2. The zero-order chi connectivity index (χ0) is 13.7. The van der Waals surface area contributed by atoms with Gasteiger partial charge in [-0.2, -0.15) is 0 Å². The summed E-state index contributed by atoms with van der Waals surface area (Å²) in [6, 6.07) is 15.8. The van der Waals surface area contributed by atoms with Crippen LogP contribution in [0.2, 0.25) is 0 Å². The molecule has 1 N–H and O–H groups in total. The minimum Gasteiger partial charge on any atom is -0.351 e. The molecular weight excluding hydrogens is 250 g/mol. The van der Waals surface area contributed by atoms with Crippen LogP contribution in [0.25, 0.3) is 27.6 Å². The summed E-state index contributed by atoms with van der Waals surface area (Å²) in [5, 5.41) is 1.13. The maximum atomic E-state index is 12.2. The Bertz CT molecular complexity index is 988. The molecule has 0 amide bonds. The van der Waals surface area contributed by atoms with Gasteiger partial charge in [-0.3, -0.25) is 4.57 Å². The standard InChI is InChI=1S/C16H13N3O/c1-18-9-8-11-10-12(6-7-14(11)18)19-15-5-3-2-4-13(15)17-16(19)20/h2-10H,1H3,(H,17,20). The van der Waals surface area contributed by atoms with Crippen molar-refractivity contribution in [2.45, 2.75) is 0 Å². The third kappa shape index (κ3) is 1.45. The molecule has 2 aromatic carbocycles. The molecule has 0 aliphatic rings. The number of aromatic nitrogens is 3. The first-order valence-electron chi connectivity index (χ1n) is 6.49. The van der Waals surface area contributed by atoms with Gasteiger partial charge in [0.15, 0.2) is 0 Å². The van der Waals surface area contributed by atoms with Crippen LogP contribution in [0, 0.1) is 0 Å². The average molecular weight is 263 g/mol. The highest BCUT2D eigenvalue weighted by atomic mass is 16.1. The fourth-order valence-electron chi connectivity index (χ4n) is 2.72. The minimum absolute atomic E-state index is 0.110. The van der Waals surface area contributed by atoms with E-state index in [2.05, 4.69) is 15.6 Å². The summed E-state index contributed by atoms with van der Waals surface area (Å²) in [4.78, 5) is 15.1. The van der Waals surface area contributed by atoms with E-state index >= 15 is 0 Å². The molecular formula is C16H13N3O. The Morgan fingerprint density at radius 3 is 2.75 bits per heavy atom. The summed E-state index contributed by atoms with van der Waals surface area (Å²) in [5.41, 5.74) is 3.67. The van der Waals surface area contributed by atoms with E-state index in [-0.39, 0.29) is 5.69 Å². The van der Waals surface area contributed by atoms with Crippen molar-refractivity contribution in [1.82, 2.24) is 14.1 Å². The van der Waals surface area contributed by atoms with Gasteiger partial charge in [-0.1, -0.05) is 12.1 Å². The molecule has 0 aliphatic carbocycles. The van der Waals surface area contributed by atoms with Gasteiger partial charge in [0.1, 0.15) is 0 Å². The maximum Gasteiger partial charge on any atom is 0.331 e. The quantitative estimate of drug-likeness (QED) is 0.564. The summed E-state index contributed by atoms with van der Waals surface area (Å²) < 4.78 is 3.78. The van der Waals surface area contributed by atoms with Crippen LogP contribution in [0.1, 0.15) is 0 Å². The van der Waals surface area contributed by atoms with E-state index in [0.717, 1.165) is 27.6 Å².